The van der Waals surface area contributed by atoms with Crippen LogP contribution < -0.4 is 0 Å². The molecule has 3 rings (SSSR count). The first kappa shape index (κ1) is 14.4. The Morgan fingerprint density at radius 2 is 2.05 bits per heavy atom. The number of carbonyl (C=O) groups is 1. The molecule has 5 heteroatoms. The molecule has 1 aliphatic rings. The van der Waals surface area contributed by atoms with E-state index in [2.05, 4.69) is 0 Å². The van der Waals surface area contributed by atoms with Crippen LogP contribution in [-0.2, 0) is 0 Å². The van der Waals surface area contributed by atoms with Crippen molar-refractivity contribution in [3.63, 3.8) is 0 Å². The van der Waals surface area contributed by atoms with Gasteiger partial charge in [-0.2, -0.15) is 0 Å². The smallest absolute Gasteiger partial charge is 0.255 e. The maximum Gasteiger partial charge on any atom is 0.255 e. The lowest BCUT2D eigenvalue weighted by Gasteiger charge is -2.24. The van der Waals surface area contributed by atoms with Gasteiger partial charge in [0.25, 0.3) is 5.91 Å². The molecule has 0 radical (unpaired) electrons. The number of thioether (sulfide) groups is 1. The molecular formula is C16H13ClFNOS. The van der Waals surface area contributed by atoms with Crippen molar-refractivity contribution in [2.75, 3.05) is 12.3 Å². The van der Waals surface area contributed by atoms with Crippen molar-refractivity contribution in [2.45, 2.75) is 5.37 Å². The summed E-state index contributed by atoms with van der Waals surface area (Å²) in [6.45, 7) is 0.650. The first-order valence-electron chi connectivity index (χ1n) is 6.59. The summed E-state index contributed by atoms with van der Waals surface area (Å²) < 4.78 is 13.4. The van der Waals surface area contributed by atoms with E-state index in [0.29, 0.717) is 17.1 Å². The summed E-state index contributed by atoms with van der Waals surface area (Å²) >= 11 is 7.59. The van der Waals surface area contributed by atoms with E-state index in [1.54, 1.807) is 47.0 Å². The maximum absolute atomic E-state index is 13.4. The molecule has 1 aliphatic heterocycles. The number of amides is 1. The summed E-state index contributed by atoms with van der Waals surface area (Å²) in [5.74, 6) is 0.486. The Kier molecular flexibility index (Phi) is 4.17. The lowest BCUT2D eigenvalue weighted by Crippen LogP contribution is -2.30. The van der Waals surface area contributed by atoms with Gasteiger partial charge in [0.15, 0.2) is 0 Å². The van der Waals surface area contributed by atoms with Crippen molar-refractivity contribution < 1.29 is 9.18 Å². The van der Waals surface area contributed by atoms with Crippen LogP contribution in [0.4, 0.5) is 4.39 Å². The summed E-state index contributed by atoms with van der Waals surface area (Å²) in [6.07, 6.45) is 0. The van der Waals surface area contributed by atoms with Gasteiger partial charge in [0.2, 0.25) is 0 Å². The third kappa shape index (κ3) is 3.06. The first-order valence-corrected chi connectivity index (χ1v) is 8.01. The second-order valence-electron chi connectivity index (χ2n) is 4.79. The molecule has 0 N–H and O–H groups in total. The summed E-state index contributed by atoms with van der Waals surface area (Å²) in [5, 5.41) is 0.391. The van der Waals surface area contributed by atoms with Crippen LogP contribution in [0.1, 0.15) is 21.3 Å². The summed E-state index contributed by atoms with van der Waals surface area (Å²) in [5.41, 5.74) is 1.37. The Hall–Kier alpha value is -1.52. The Morgan fingerprint density at radius 3 is 2.81 bits per heavy atom. The van der Waals surface area contributed by atoms with Gasteiger partial charge in [0.1, 0.15) is 11.2 Å². The van der Waals surface area contributed by atoms with Gasteiger partial charge in [0, 0.05) is 22.9 Å². The summed E-state index contributed by atoms with van der Waals surface area (Å²) in [7, 11) is 0. The molecule has 108 valence electrons. The molecule has 2 aromatic rings. The van der Waals surface area contributed by atoms with Gasteiger partial charge in [0.05, 0.1) is 0 Å². The van der Waals surface area contributed by atoms with Gasteiger partial charge in [-0.25, -0.2) is 4.39 Å². The largest absolute Gasteiger partial charge is 0.322 e. The fourth-order valence-electron chi connectivity index (χ4n) is 2.40. The van der Waals surface area contributed by atoms with Crippen LogP contribution in [0.25, 0.3) is 0 Å². The molecule has 1 fully saturated rings. The highest BCUT2D eigenvalue weighted by Crippen LogP contribution is 2.38. The van der Waals surface area contributed by atoms with E-state index in [0.717, 1.165) is 11.3 Å². The van der Waals surface area contributed by atoms with Crippen molar-refractivity contribution >= 4 is 29.3 Å². The van der Waals surface area contributed by atoms with E-state index < -0.39 is 0 Å². The lowest BCUT2D eigenvalue weighted by molar-refractivity contribution is 0.0760. The van der Waals surface area contributed by atoms with E-state index in [1.807, 2.05) is 6.07 Å². The van der Waals surface area contributed by atoms with Crippen LogP contribution in [0.2, 0.25) is 5.02 Å². The molecule has 1 atom stereocenters. The van der Waals surface area contributed by atoms with E-state index >= 15 is 0 Å². The molecule has 1 heterocycles. The maximum atomic E-state index is 13.4. The molecule has 1 amide bonds. The Bertz CT molecular complexity index is 679. The van der Waals surface area contributed by atoms with Gasteiger partial charge in [-0.15, -0.1) is 11.8 Å². The molecule has 0 bridgehead atoms. The Labute approximate surface area is 131 Å². The van der Waals surface area contributed by atoms with E-state index in [1.165, 1.54) is 12.1 Å². The summed E-state index contributed by atoms with van der Waals surface area (Å²) in [4.78, 5) is 14.4. The van der Waals surface area contributed by atoms with Crippen molar-refractivity contribution in [3.8, 4) is 0 Å². The number of rotatable bonds is 2. The molecule has 0 aromatic heterocycles. The highest BCUT2D eigenvalue weighted by Gasteiger charge is 2.31. The van der Waals surface area contributed by atoms with Crippen LogP contribution in [0.15, 0.2) is 48.5 Å². The number of nitrogens with zero attached hydrogens (tertiary/aromatic N) is 1. The molecule has 0 spiro atoms. The highest BCUT2D eigenvalue weighted by atomic mass is 35.5. The topological polar surface area (TPSA) is 20.3 Å². The number of hydrogen-bond acceptors (Lipinski definition) is 2. The molecule has 21 heavy (non-hydrogen) atoms. The van der Waals surface area contributed by atoms with Gasteiger partial charge < -0.3 is 4.90 Å². The predicted octanol–water partition coefficient (Wildman–Crippen LogP) is 4.37. The highest BCUT2D eigenvalue weighted by molar-refractivity contribution is 7.99. The zero-order chi connectivity index (χ0) is 14.8. The average molecular weight is 322 g/mol. The van der Waals surface area contributed by atoms with Crippen LogP contribution >= 0.6 is 23.4 Å². The fourth-order valence-corrected chi connectivity index (χ4v) is 3.84. The standard InChI is InChI=1S/C16H13ClFNOS/c17-13-5-1-3-11(9-13)15(20)19-7-8-21-16(19)12-4-2-6-14(18)10-12/h1-6,9-10,16H,7-8H2/t16-/m0/s1. The van der Waals surface area contributed by atoms with Crippen LogP contribution in [0.5, 0.6) is 0 Å². The van der Waals surface area contributed by atoms with Crippen molar-refractivity contribution in [2.24, 2.45) is 0 Å². The van der Waals surface area contributed by atoms with Crippen molar-refractivity contribution in [1.29, 1.82) is 0 Å². The number of benzene rings is 2. The summed E-state index contributed by atoms with van der Waals surface area (Å²) in [6, 6.07) is 13.3. The monoisotopic (exact) mass is 321 g/mol. The second kappa shape index (κ2) is 6.08. The first-order chi connectivity index (χ1) is 10.1. The molecule has 2 nitrogen and oxygen atoms in total. The minimum Gasteiger partial charge on any atom is -0.322 e. The van der Waals surface area contributed by atoms with E-state index in [9.17, 15) is 9.18 Å². The average Bonchev–Trinajstić information content (AvgIpc) is 2.96. The van der Waals surface area contributed by atoms with Gasteiger partial charge in [-0.05, 0) is 35.9 Å². The van der Waals surface area contributed by atoms with Crippen LogP contribution in [0.3, 0.4) is 0 Å². The minimum atomic E-state index is -0.282. The number of halogens is 2. The lowest BCUT2D eigenvalue weighted by atomic mass is 10.1. The molecule has 1 saturated heterocycles. The van der Waals surface area contributed by atoms with Gasteiger partial charge >= 0.3 is 0 Å². The predicted molar refractivity (Wildman–Crippen MR) is 84.1 cm³/mol. The quantitative estimate of drug-likeness (QED) is 0.818. The molecular weight excluding hydrogens is 309 g/mol. The van der Waals surface area contributed by atoms with Gasteiger partial charge in [-0.3, -0.25) is 4.79 Å². The van der Waals surface area contributed by atoms with E-state index in [4.69, 9.17) is 11.6 Å². The van der Waals surface area contributed by atoms with Crippen molar-refractivity contribution in [1.82, 2.24) is 4.90 Å². The SMILES string of the molecule is O=C(c1cccc(Cl)c1)N1CCS[C@H]1c1cccc(F)c1. The Balaban J connectivity index is 1.89. The van der Waals surface area contributed by atoms with Gasteiger partial charge in [-0.1, -0.05) is 29.8 Å². The zero-order valence-corrected chi connectivity index (χ0v) is 12.7. The third-order valence-corrected chi connectivity index (χ3v) is 4.85. The normalized spacial score (nSPS) is 18.0. The molecule has 2 aromatic carbocycles. The van der Waals surface area contributed by atoms with Crippen LogP contribution in [-0.4, -0.2) is 23.1 Å². The third-order valence-electron chi connectivity index (χ3n) is 3.36. The number of carbonyl (C=O) groups excluding carboxylic acids is 1. The fraction of sp³-hybridized carbons (Fsp3) is 0.188. The Morgan fingerprint density at radius 1 is 1.24 bits per heavy atom. The molecule has 0 aliphatic carbocycles. The minimum absolute atomic E-state index is 0.0724. The molecule has 0 unspecified atom stereocenters. The molecule has 0 saturated carbocycles. The number of hydrogen-bond donors (Lipinski definition) is 0. The van der Waals surface area contributed by atoms with Crippen LogP contribution in [0, 0.1) is 5.82 Å². The van der Waals surface area contributed by atoms with E-state index in [-0.39, 0.29) is 17.1 Å². The van der Waals surface area contributed by atoms with Crippen molar-refractivity contribution in [3.05, 3.63) is 70.5 Å². The second-order valence-corrected chi connectivity index (χ2v) is 6.41. The zero-order valence-electron chi connectivity index (χ0n) is 11.1.